The molecule has 0 saturated carbocycles. The Balaban J connectivity index is 2.34. The van der Waals surface area contributed by atoms with E-state index in [1.54, 1.807) is 0 Å². The van der Waals surface area contributed by atoms with Crippen LogP contribution in [0.4, 0.5) is 4.79 Å². The minimum atomic E-state index is -0.138. The lowest BCUT2D eigenvalue weighted by Crippen LogP contribution is -2.48. The van der Waals surface area contributed by atoms with Gasteiger partial charge in [-0.1, -0.05) is 32.9 Å². The summed E-state index contributed by atoms with van der Waals surface area (Å²) in [5.41, 5.74) is 0.0521. The van der Waals surface area contributed by atoms with Crippen LogP contribution in [0.3, 0.4) is 0 Å². The van der Waals surface area contributed by atoms with E-state index >= 15 is 0 Å². The number of aliphatic hydroxyl groups is 1. The van der Waals surface area contributed by atoms with E-state index in [1.807, 2.05) is 19.1 Å². The van der Waals surface area contributed by atoms with Crippen LogP contribution < -0.4 is 10.6 Å². The summed E-state index contributed by atoms with van der Waals surface area (Å²) < 4.78 is 0. The zero-order valence-electron chi connectivity index (χ0n) is 11.2. The van der Waals surface area contributed by atoms with Crippen LogP contribution in [0.2, 0.25) is 0 Å². The minimum absolute atomic E-state index is 0.0410. The number of carbonyl (C=O) groups excluding carboxylic acids is 1. The van der Waals surface area contributed by atoms with Gasteiger partial charge >= 0.3 is 6.03 Å². The van der Waals surface area contributed by atoms with Crippen molar-refractivity contribution in [1.82, 2.24) is 10.6 Å². The second-order valence-electron chi connectivity index (χ2n) is 5.88. The molecule has 1 rings (SSSR count). The fourth-order valence-corrected chi connectivity index (χ4v) is 1.64. The first kappa shape index (κ1) is 14.0. The van der Waals surface area contributed by atoms with Gasteiger partial charge in [0.05, 0.1) is 0 Å². The summed E-state index contributed by atoms with van der Waals surface area (Å²) in [7, 11) is 0. The zero-order valence-corrected chi connectivity index (χ0v) is 11.2. The fourth-order valence-electron chi connectivity index (χ4n) is 1.64. The van der Waals surface area contributed by atoms with E-state index in [0.717, 1.165) is 6.42 Å². The molecule has 0 aromatic carbocycles. The lowest BCUT2D eigenvalue weighted by molar-refractivity contribution is 0.217. The molecule has 0 fully saturated rings. The summed E-state index contributed by atoms with van der Waals surface area (Å²) in [4.78, 5) is 11.7. The molecule has 4 nitrogen and oxygen atoms in total. The Morgan fingerprint density at radius 1 is 1.47 bits per heavy atom. The molecule has 0 aromatic rings. The van der Waals surface area contributed by atoms with Gasteiger partial charge < -0.3 is 15.7 Å². The van der Waals surface area contributed by atoms with Crippen molar-refractivity contribution in [3.63, 3.8) is 0 Å². The van der Waals surface area contributed by atoms with Crippen molar-refractivity contribution >= 4 is 6.03 Å². The summed E-state index contributed by atoms with van der Waals surface area (Å²) in [5.74, 6) is 0.181. The van der Waals surface area contributed by atoms with Crippen molar-refractivity contribution in [3.05, 3.63) is 12.2 Å². The molecule has 0 radical (unpaired) electrons. The molecule has 1 aliphatic carbocycles. The van der Waals surface area contributed by atoms with Crippen LogP contribution >= 0.6 is 0 Å². The maximum absolute atomic E-state index is 11.7. The van der Waals surface area contributed by atoms with Gasteiger partial charge in [-0.2, -0.15) is 0 Å². The van der Waals surface area contributed by atoms with Gasteiger partial charge in [0.15, 0.2) is 0 Å². The van der Waals surface area contributed by atoms with E-state index in [9.17, 15) is 4.79 Å². The highest BCUT2D eigenvalue weighted by molar-refractivity contribution is 5.75. The topological polar surface area (TPSA) is 61.4 Å². The van der Waals surface area contributed by atoms with Gasteiger partial charge in [-0.15, -0.1) is 0 Å². The molecule has 0 bridgehead atoms. The van der Waals surface area contributed by atoms with Gasteiger partial charge in [-0.25, -0.2) is 4.79 Å². The first-order valence-corrected chi connectivity index (χ1v) is 6.19. The highest BCUT2D eigenvalue weighted by Gasteiger charge is 2.24. The number of hydrogen-bond donors (Lipinski definition) is 3. The van der Waals surface area contributed by atoms with Gasteiger partial charge in [-0.05, 0) is 18.8 Å². The molecule has 3 N–H and O–H groups in total. The molecular weight excluding hydrogens is 216 g/mol. The van der Waals surface area contributed by atoms with Crippen LogP contribution in [-0.4, -0.2) is 29.8 Å². The standard InChI is InChI=1S/C13H24N2O2/c1-9(13(2,3)4)14-12(17)15-11-6-5-10(7-11)8-16/h5-6,9-11,16H,7-8H2,1-4H3,(H2,14,15,17)/t9?,10-,11+/m0/s1. The first-order chi connectivity index (χ1) is 7.82. The summed E-state index contributed by atoms with van der Waals surface area (Å²) in [5, 5.41) is 14.8. The molecule has 1 aliphatic rings. The number of nitrogens with one attached hydrogen (secondary N) is 2. The Morgan fingerprint density at radius 3 is 2.59 bits per heavy atom. The average Bonchev–Trinajstić information content (AvgIpc) is 2.63. The average molecular weight is 240 g/mol. The molecule has 2 amide bonds. The monoisotopic (exact) mass is 240 g/mol. The van der Waals surface area contributed by atoms with Crippen LogP contribution in [0.1, 0.15) is 34.1 Å². The van der Waals surface area contributed by atoms with Gasteiger partial charge in [0, 0.05) is 24.6 Å². The van der Waals surface area contributed by atoms with E-state index in [4.69, 9.17) is 5.11 Å². The molecule has 1 unspecified atom stereocenters. The third-order valence-corrected chi connectivity index (χ3v) is 3.37. The van der Waals surface area contributed by atoms with Crippen LogP contribution in [0, 0.1) is 11.3 Å². The molecule has 0 heterocycles. The maximum atomic E-state index is 11.7. The maximum Gasteiger partial charge on any atom is 0.315 e. The van der Waals surface area contributed by atoms with Crippen LogP contribution in [0.5, 0.6) is 0 Å². The number of amides is 2. The predicted molar refractivity (Wildman–Crippen MR) is 68.7 cm³/mol. The quantitative estimate of drug-likeness (QED) is 0.657. The zero-order chi connectivity index (χ0) is 13.1. The third kappa shape index (κ3) is 4.38. The number of hydrogen-bond acceptors (Lipinski definition) is 2. The molecule has 17 heavy (non-hydrogen) atoms. The predicted octanol–water partition coefficient (Wildman–Crippen LogP) is 1.66. The molecule has 4 heteroatoms. The second-order valence-corrected chi connectivity index (χ2v) is 5.88. The molecule has 0 aromatic heterocycles. The highest BCUT2D eigenvalue weighted by atomic mass is 16.3. The largest absolute Gasteiger partial charge is 0.396 e. The van der Waals surface area contributed by atoms with E-state index in [2.05, 4.69) is 31.4 Å². The SMILES string of the molecule is CC(NC(=O)N[C@@H]1C=C[C@H](CO)C1)C(C)(C)C. The summed E-state index contributed by atoms with van der Waals surface area (Å²) in [6.45, 7) is 8.43. The lowest BCUT2D eigenvalue weighted by Gasteiger charge is -2.28. The Kier molecular flexibility index (Phi) is 4.57. The third-order valence-electron chi connectivity index (χ3n) is 3.37. The minimum Gasteiger partial charge on any atom is -0.396 e. The van der Waals surface area contributed by atoms with Crippen LogP contribution in [0.15, 0.2) is 12.2 Å². The van der Waals surface area contributed by atoms with Crippen molar-refractivity contribution in [2.45, 2.75) is 46.2 Å². The van der Waals surface area contributed by atoms with E-state index < -0.39 is 0 Å². The van der Waals surface area contributed by atoms with Crippen LogP contribution in [-0.2, 0) is 0 Å². The Bertz CT molecular complexity index is 294. The fraction of sp³-hybridized carbons (Fsp3) is 0.769. The summed E-state index contributed by atoms with van der Waals surface area (Å²) in [6.07, 6.45) is 4.69. The van der Waals surface area contributed by atoms with Gasteiger partial charge in [0.1, 0.15) is 0 Å². The molecule has 0 saturated heterocycles. The van der Waals surface area contributed by atoms with E-state index in [0.29, 0.717) is 0 Å². The van der Waals surface area contributed by atoms with Crippen LogP contribution in [0.25, 0.3) is 0 Å². The van der Waals surface area contributed by atoms with E-state index in [-0.39, 0.29) is 36.1 Å². The number of carbonyl (C=O) groups is 1. The molecular formula is C13H24N2O2. The highest BCUT2D eigenvalue weighted by Crippen LogP contribution is 2.19. The number of rotatable bonds is 3. The summed E-state index contributed by atoms with van der Waals surface area (Å²) >= 11 is 0. The summed E-state index contributed by atoms with van der Waals surface area (Å²) in [6, 6.07) is 0.0153. The molecule has 0 spiro atoms. The van der Waals surface area contributed by atoms with Crippen molar-refractivity contribution in [2.24, 2.45) is 11.3 Å². The van der Waals surface area contributed by atoms with Crippen molar-refractivity contribution in [3.8, 4) is 0 Å². The normalized spacial score (nSPS) is 25.7. The van der Waals surface area contributed by atoms with E-state index in [1.165, 1.54) is 0 Å². The first-order valence-electron chi connectivity index (χ1n) is 6.19. The van der Waals surface area contributed by atoms with Gasteiger partial charge in [0.2, 0.25) is 0 Å². The molecule has 98 valence electrons. The Morgan fingerprint density at radius 2 is 2.12 bits per heavy atom. The van der Waals surface area contributed by atoms with Crippen molar-refractivity contribution in [1.29, 1.82) is 0 Å². The Labute approximate surface area is 103 Å². The smallest absolute Gasteiger partial charge is 0.315 e. The van der Waals surface area contributed by atoms with Crippen molar-refractivity contribution in [2.75, 3.05) is 6.61 Å². The van der Waals surface area contributed by atoms with Crippen molar-refractivity contribution < 1.29 is 9.90 Å². The molecule has 3 atom stereocenters. The van der Waals surface area contributed by atoms with Gasteiger partial charge in [-0.3, -0.25) is 0 Å². The van der Waals surface area contributed by atoms with Gasteiger partial charge in [0.25, 0.3) is 0 Å². The second kappa shape index (κ2) is 5.54. The number of aliphatic hydroxyl groups excluding tert-OH is 1. The Hall–Kier alpha value is -1.03. The lowest BCUT2D eigenvalue weighted by atomic mass is 9.88. The molecule has 0 aliphatic heterocycles. The number of urea groups is 1.